The lowest BCUT2D eigenvalue weighted by atomic mass is 10.5. The minimum atomic E-state index is -4.10. The number of aliphatic hydroxyl groups excluding tert-OH is 1. The standard InChI is InChI=1S/C6H11F3OS2/c7-6(8,9)12-5-4-11-3-1-2-10/h10H,1-5H2. The van der Waals surface area contributed by atoms with E-state index < -0.39 is 5.51 Å². The second-order valence-electron chi connectivity index (χ2n) is 1.98. The zero-order valence-electron chi connectivity index (χ0n) is 6.43. The summed E-state index contributed by atoms with van der Waals surface area (Å²) in [7, 11) is 0. The van der Waals surface area contributed by atoms with Crippen LogP contribution in [0.25, 0.3) is 0 Å². The van der Waals surface area contributed by atoms with E-state index >= 15 is 0 Å². The molecule has 1 nitrogen and oxygen atoms in total. The molecular weight excluding hydrogens is 209 g/mol. The molecule has 0 heterocycles. The Kier molecular flexibility index (Phi) is 7.17. The Balaban J connectivity index is 3.01. The third kappa shape index (κ3) is 10.4. The molecule has 0 aromatic heterocycles. The van der Waals surface area contributed by atoms with Crippen LogP contribution >= 0.6 is 23.5 Å². The van der Waals surface area contributed by atoms with Crippen LogP contribution in [0.15, 0.2) is 0 Å². The van der Waals surface area contributed by atoms with Crippen molar-refractivity contribution < 1.29 is 18.3 Å². The number of alkyl halides is 3. The zero-order chi connectivity index (χ0) is 9.45. The molecule has 6 heteroatoms. The number of hydrogen-bond donors (Lipinski definition) is 1. The number of thioether (sulfide) groups is 2. The van der Waals surface area contributed by atoms with Gasteiger partial charge >= 0.3 is 5.51 Å². The molecule has 0 bridgehead atoms. The molecule has 0 aliphatic carbocycles. The SMILES string of the molecule is OCCCSCCSC(F)(F)F. The van der Waals surface area contributed by atoms with Gasteiger partial charge in [-0.15, -0.1) is 0 Å². The Bertz CT molecular complexity index is 107. The van der Waals surface area contributed by atoms with Crippen molar-refractivity contribution in [2.45, 2.75) is 11.9 Å². The van der Waals surface area contributed by atoms with Crippen LogP contribution in [0.1, 0.15) is 6.42 Å². The zero-order valence-corrected chi connectivity index (χ0v) is 8.07. The molecule has 0 rings (SSSR count). The van der Waals surface area contributed by atoms with Crippen LogP contribution in [0, 0.1) is 0 Å². The Labute approximate surface area is 78.1 Å². The lowest BCUT2D eigenvalue weighted by Gasteiger charge is -2.04. The highest BCUT2D eigenvalue weighted by Crippen LogP contribution is 2.30. The largest absolute Gasteiger partial charge is 0.441 e. The van der Waals surface area contributed by atoms with E-state index in [9.17, 15) is 13.2 Å². The summed E-state index contributed by atoms with van der Waals surface area (Å²) in [6, 6.07) is 0. The molecule has 0 aromatic rings. The van der Waals surface area contributed by atoms with E-state index in [4.69, 9.17) is 5.11 Å². The summed E-state index contributed by atoms with van der Waals surface area (Å²) in [5, 5.41) is 8.35. The molecule has 0 aliphatic heterocycles. The second-order valence-corrected chi connectivity index (χ2v) is 4.37. The Hall–Kier alpha value is 0.450. The van der Waals surface area contributed by atoms with Crippen LogP contribution in [0.4, 0.5) is 13.2 Å². The first-order chi connectivity index (χ1) is 5.56. The average Bonchev–Trinajstić information content (AvgIpc) is 1.94. The van der Waals surface area contributed by atoms with Crippen molar-refractivity contribution in [2.24, 2.45) is 0 Å². The van der Waals surface area contributed by atoms with Gasteiger partial charge < -0.3 is 5.11 Å². The molecule has 0 amide bonds. The number of rotatable bonds is 6. The van der Waals surface area contributed by atoms with Crippen molar-refractivity contribution in [3.05, 3.63) is 0 Å². The van der Waals surface area contributed by atoms with Gasteiger partial charge in [-0.25, -0.2) is 0 Å². The van der Waals surface area contributed by atoms with E-state index in [0.29, 0.717) is 12.2 Å². The molecule has 0 atom stereocenters. The quantitative estimate of drug-likeness (QED) is 0.694. The normalized spacial score (nSPS) is 12.0. The summed E-state index contributed by atoms with van der Waals surface area (Å²) in [6.07, 6.45) is 0.654. The number of halogens is 3. The van der Waals surface area contributed by atoms with Gasteiger partial charge in [-0.1, -0.05) is 11.8 Å². The van der Waals surface area contributed by atoms with E-state index in [1.807, 2.05) is 0 Å². The van der Waals surface area contributed by atoms with Crippen LogP contribution in [0.5, 0.6) is 0 Å². The third-order valence-corrected chi connectivity index (χ3v) is 3.00. The maximum absolute atomic E-state index is 11.5. The average molecular weight is 220 g/mol. The van der Waals surface area contributed by atoms with Crippen LogP contribution in [-0.2, 0) is 0 Å². The minimum Gasteiger partial charge on any atom is -0.396 e. The van der Waals surface area contributed by atoms with Gasteiger partial charge in [0.1, 0.15) is 0 Å². The molecule has 0 unspecified atom stereocenters. The molecule has 0 aromatic carbocycles. The van der Waals surface area contributed by atoms with Crippen LogP contribution < -0.4 is 0 Å². The van der Waals surface area contributed by atoms with Gasteiger partial charge in [0, 0.05) is 18.1 Å². The Morgan fingerprint density at radius 2 is 1.75 bits per heavy atom. The van der Waals surface area contributed by atoms with Gasteiger partial charge in [-0.05, 0) is 12.2 Å². The fourth-order valence-corrected chi connectivity index (χ4v) is 2.06. The fraction of sp³-hybridized carbons (Fsp3) is 1.00. The summed E-state index contributed by atoms with van der Waals surface area (Å²) < 4.78 is 34.6. The van der Waals surface area contributed by atoms with Gasteiger partial charge in [0.25, 0.3) is 0 Å². The maximum Gasteiger partial charge on any atom is 0.441 e. The summed E-state index contributed by atoms with van der Waals surface area (Å²) in [5.74, 6) is 1.32. The highest BCUT2D eigenvalue weighted by atomic mass is 32.2. The van der Waals surface area contributed by atoms with Crippen LogP contribution in [0.2, 0.25) is 0 Å². The van der Waals surface area contributed by atoms with Crippen molar-refractivity contribution in [1.82, 2.24) is 0 Å². The van der Waals surface area contributed by atoms with Gasteiger partial charge in [0.2, 0.25) is 0 Å². The summed E-state index contributed by atoms with van der Waals surface area (Å²) >= 11 is 1.45. The molecule has 0 spiro atoms. The lowest BCUT2D eigenvalue weighted by Crippen LogP contribution is -2.02. The van der Waals surface area contributed by atoms with E-state index in [1.165, 1.54) is 11.8 Å². The Morgan fingerprint density at radius 1 is 1.08 bits per heavy atom. The molecule has 0 aliphatic rings. The van der Waals surface area contributed by atoms with Gasteiger partial charge in [-0.2, -0.15) is 24.9 Å². The predicted molar refractivity (Wildman–Crippen MR) is 47.5 cm³/mol. The van der Waals surface area contributed by atoms with Gasteiger partial charge in [-0.3, -0.25) is 0 Å². The topological polar surface area (TPSA) is 20.2 Å². The molecule has 74 valence electrons. The first-order valence-corrected chi connectivity index (χ1v) is 5.59. The van der Waals surface area contributed by atoms with Crippen molar-refractivity contribution in [1.29, 1.82) is 0 Å². The number of hydrogen-bond acceptors (Lipinski definition) is 3. The first kappa shape index (κ1) is 12.4. The van der Waals surface area contributed by atoms with Crippen molar-refractivity contribution in [2.75, 3.05) is 23.9 Å². The van der Waals surface area contributed by atoms with Gasteiger partial charge in [0.05, 0.1) is 0 Å². The van der Waals surface area contributed by atoms with Crippen molar-refractivity contribution in [3.63, 3.8) is 0 Å². The molecule has 12 heavy (non-hydrogen) atoms. The smallest absolute Gasteiger partial charge is 0.396 e. The minimum absolute atomic E-state index is 0.00827. The summed E-state index contributed by atoms with van der Waals surface area (Å²) in [4.78, 5) is 0. The Morgan fingerprint density at radius 3 is 2.25 bits per heavy atom. The first-order valence-electron chi connectivity index (χ1n) is 3.45. The molecule has 1 N–H and O–H groups in total. The monoisotopic (exact) mass is 220 g/mol. The van der Waals surface area contributed by atoms with Crippen molar-refractivity contribution >= 4 is 23.5 Å². The fourth-order valence-electron chi connectivity index (χ4n) is 0.485. The molecule has 0 fully saturated rings. The second kappa shape index (κ2) is 6.91. The van der Waals surface area contributed by atoms with Crippen molar-refractivity contribution in [3.8, 4) is 0 Å². The lowest BCUT2D eigenvalue weighted by molar-refractivity contribution is -0.0326. The van der Waals surface area contributed by atoms with Crippen LogP contribution in [-0.4, -0.2) is 34.5 Å². The number of aliphatic hydroxyl groups is 1. The van der Waals surface area contributed by atoms with E-state index in [2.05, 4.69) is 0 Å². The highest BCUT2D eigenvalue weighted by molar-refractivity contribution is 8.03. The summed E-state index contributed by atoms with van der Waals surface area (Å²) in [6.45, 7) is 0.111. The molecule has 0 saturated carbocycles. The molecule has 0 saturated heterocycles. The molecular formula is C6H11F3OS2. The van der Waals surface area contributed by atoms with E-state index in [-0.39, 0.29) is 24.1 Å². The summed E-state index contributed by atoms with van der Waals surface area (Å²) in [5.41, 5.74) is -4.10. The van der Waals surface area contributed by atoms with Crippen LogP contribution in [0.3, 0.4) is 0 Å². The van der Waals surface area contributed by atoms with E-state index in [1.54, 1.807) is 0 Å². The highest BCUT2D eigenvalue weighted by Gasteiger charge is 2.27. The maximum atomic E-state index is 11.5. The van der Waals surface area contributed by atoms with Gasteiger partial charge in [0.15, 0.2) is 0 Å². The third-order valence-electron chi connectivity index (χ3n) is 0.940. The van der Waals surface area contributed by atoms with E-state index in [0.717, 1.165) is 5.75 Å². The molecule has 0 radical (unpaired) electrons. The predicted octanol–water partition coefficient (Wildman–Crippen LogP) is 2.36.